The van der Waals surface area contributed by atoms with Crippen molar-refractivity contribution in [1.29, 1.82) is 5.26 Å². The van der Waals surface area contributed by atoms with Crippen LogP contribution in [-0.2, 0) is 4.79 Å². The molecule has 0 saturated heterocycles. The Hall–Kier alpha value is -3.69. The van der Waals surface area contributed by atoms with E-state index < -0.39 is 5.91 Å². The van der Waals surface area contributed by atoms with Gasteiger partial charge in [0, 0.05) is 6.54 Å². The molecule has 1 N–H and O–H groups in total. The van der Waals surface area contributed by atoms with Crippen molar-refractivity contribution in [2.45, 2.75) is 0 Å². The number of nitrogens with zero attached hydrogens (tertiary/aromatic N) is 2. The molecule has 5 nitrogen and oxygen atoms in total. The van der Waals surface area contributed by atoms with E-state index in [1.54, 1.807) is 30.3 Å². The molecule has 0 aliphatic rings. The molecular weight excluding hydrogens is 370 g/mol. The molecule has 2 aromatic carbocycles. The van der Waals surface area contributed by atoms with E-state index in [-0.39, 0.29) is 17.7 Å². The van der Waals surface area contributed by atoms with E-state index in [1.807, 2.05) is 42.5 Å². The van der Waals surface area contributed by atoms with Crippen LogP contribution >= 0.6 is 11.3 Å². The number of carbonyl (C=O) groups is 1. The molecule has 1 aromatic heterocycles. The molecule has 0 fully saturated rings. The molecule has 28 heavy (non-hydrogen) atoms. The van der Waals surface area contributed by atoms with Gasteiger partial charge >= 0.3 is 0 Å². The number of para-hydroxylation sites is 1. The van der Waals surface area contributed by atoms with Crippen LogP contribution in [0.1, 0.15) is 5.56 Å². The van der Waals surface area contributed by atoms with Gasteiger partial charge in [0.15, 0.2) is 5.57 Å². The Labute approximate surface area is 165 Å². The summed E-state index contributed by atoms with van der Waals surface area (Å²) in [6.45, 7) is 3.79. The van der Waals surface area contributed by atoms with Crippen molar-refractivity contribution in [3.8, 4) is 11.8 Å². The largest absolute Gasteiger partial charge is 0.348 e. The van der Waals surface area contributed by atoms with Crippen LogP contribution in [0.3, 0.4) is 0 Å². The van der Waals surface area contributed by atoms with Crippen LogP contribution in [0, 0.1) is 11.3 Å². The van der Waals surface area contributed by atoms with E-state index in [1.165, 1.54) is 10.6 Å². The summed E-state index contributed by atoms with van der Waals surface area (Å²) < 4.78 is 2.14. The van der Waals surface area contributed by atoms with Gasteiger partial charge in [0.2, 0.25) is 0 Å². The second kappa shape index (κ2) is 8.80. The van der Waals surface area contributed by atoms with Crippen LogP contribution in [0.5, 0.6) is 0 Å². The number of hydrogen-bond acceptors (Lipinski definition) is 4. The van der Waals surface area contributed by atoms with E-state index in [0.29, 0.717) is 14.9 Å². The maximum Gasteiger partial charge on any atom is 0.273 e. The second-order valence-corrected chi connectivity index (χ2v) is 6.82. The van der Waals surface area contributed by atoms with Gasteiger partial charge in [-0.2, -0.15) is 5.26 Å². The Bertz CT molecular complexity index is 1220. The number of hydrogen-bond donors (Lipinski definition) is 1. The van der Waals surface area contributed by atoms with Gasteiger partial charge in [-0.3, -0.25) is 14.2 Å². The van der Waals surface area contributed by atoms with Crippen molar-refractivity contribution in [3.05, 3.63) is 98.4 Å². The quantitative estimate of drug-likeness (QED) is 0.677. The molecule has 0 radical (unpaired) electrons. The zero-order valence-electron chi connectivity index (χ0n) is 15.0. The van der Waals surface area contributed by atoms with Crippen molar-refractivity contribution < 1.29 is 4.79 Å². The van der Waals surface area contributed by atoms with Crippen molar-refractivity contribution in [2.75, 3.05) is 6.54 Å². The maximum absolute atomic E-state index is 13.1. The number of benzene rings is 2. The van der Waals surface area contributed by atoms with Crippen molar-refractivity contribution >= 4 is 28.9 Å². The summed E-state index contributed by atoms with van der Waals surface area (Å²) in [5.41, 5.74) is 1.07. The summed E-state index contributed by atoms with van der Waals surface area (Å²) in [4.78, 5) is 25.6. The minimum atomic E-state index is -0.542. The van der Waals surface area contributed by atoms with Crippen LogP contribution in [0.15, 0.2) is 78.1 Å². The van der Waals surface area contributed by atoms with Gasteiger partial charge in [0.05, 0.1) is 10.2 Å². The summed E-state index contributed by atoms with van der Waals surface area (Å²) in [5.74, 6) is -0.542. The normalized spacial score (nSPS) is 12.2. The molecule has 0 bridgehead atoms. The minimum absolute atomic E-state index is 0.111. The third kappa shape index (κ3) is 4.00. The Balaban J connectivity index is 2.34. The van der Waals surface area contributed by atoms with Crippen LogP contribution in [0.4, 0.5) is 0 Å². The highest BCUT2D eigenvalue weighted by molar-refractivity contribution is 7.07. The number of aromatic nitrogens is 1. The van der Waals surface area contributed by atoms with E-state index in [0.717, 1.165) is 16.9 Å². The molecule has 1 heterocycles. The molecular formula is C22H17N3O2S. The van der Waals surface area contributed by atoms with E-state index in [9.17, 15) is 14.9 Å². The predicted octanol–water partition coefficient (Wildman–Crippen LogP) is 1.70. The fraction of sp³-hybridized carbons (Fsp3) is 0.0455. The topological polar surface area (TPSA) is 74.9 Å². The molecule has 3 rings (SSSR count). The van der Waals surface area contributed by atoms with Gasteiger partial charge < -0.3 is 5.32 Å². The SMILES string of the molecule is C=CCNC(=O)/C(C#N)=c1/s/c(=C\c2ccccc2)c(=O)n1-c1ccccc1. The molecule has 0 aliphatic heterocycles. The first kappa shape index (κ1) is 19.1. The maximum atomic E-state index is 13.1. The zero-order chi connectivity index (χ0) is 19.9. The lowest BCUT2D eigenvalue weighted by atomic mass is 10.2. The highest BCUT2D eigenvalue weighted by Crippen LogP contribution is 2.04. The lowest BCUT2D eigenvalue weighted by Crippen LogP contribution is -2.33. The molecule has 1 amide bonds. The Morgan fingerprint density at radius 1 is 1.14 bits per heavy atom. The summed E-state index contributed by atoms with van der Waals surface area (Å²) in [7, 11) is 0. The van der Waals surface area contributed by atoms with Gasteiger partial charge in [0.25, 0.3) is 11.5 Å². The second-order valence-electron chi connectivity index (χ2n) is 5.79. The summed E-state index contributed by atoms with van der Waals surface area (Å²) in [6.07, 6.45) is 3.28. The van der Waals surface area contributed by atoms with Crippen molar-refractivity contribution in [3.63, 3.8) is 0 Å². The Morgan fingerprint density at radius 2 is 1.79 bits per heavy atom. The van der Waals surface area contributed by atoms with Crippen LogP contribution in [0.2, 0.25) is 0 Å². The zero-order valence-corrected chi connectivity index (χ0v) is 15.8. The molecule has 0 spiro atoms. The third-order valence-corrected chi connectivity index (χ3v) is 4.99. The fourth-order valence-corrected chi connectivity index (χ4v) is 3.71. The van der Waals surface area contributed by atoms with Gasteiger partial charge in [-0.15, -0.1) is 17.9 Å². The van der Waals surface area contributed by atoms with Gasteiger partial charge in [-0.05, 0) is 23.8 Å². The van der Waals surface area contributed by atoms with Gasteiger partial charge in [-0.1, -0.05) is 54.6 Å². The molecule has 0 aliphatic carbocycles. The van der Waals surface area contributed by atoms with Crippen LogP contribution < -0.4 is 20.1 Å². The first-order valence-electron chi connectivity index (χ1n) is 8.53. The number of rotatable bonds is 5. The molecule has 0 saturated carbocycles. The lowest BCUT2D eigenvalue weighted by Gasteiger charge is -2.04. The van der Waals surface area contributed by atoms with E-state index >= 15 is 0 Å². The fourth-order valence-electron chi connectivity index (χ4n) is 2.61. The lowest BCUT2D eigenvalue weighted by molar-refractivity contribution is -0.115. The third-order valence-electron chi connectivity index (χ3n) is 3.90. The number of carbonyl (C=O) groups excluding carboxylic acids is 1. The van der Waals surface area contributed by atoms with Gasteiger partial charge in [-0.25, -0.2) is 0 Å². The monoisotopic (exact) mass is 387 g/mol. The van der Waals surface area contributed by atoms with Crippen molar-refractivity contribution in [1.82, 2.24) is 9.88 Å². The Kier molecular flexibility index (Phi) is 6.00. The summed E-state index contributed by atoms with van der Waals surface area (Å²) >= 11 is 1.12. The Morgan fingerprint density at radius 3 is 2.39 bits per heavy atom. The highest BCUT2D eigenvalue weighted by atomic mass is 32.1. The highest BCUT2D eigenvalue weighted by Gasteiger charge is 2.16. The molecule has 138 valence electrons. The molecule has 6 heteroatoms. The van der Waals surface area contributed by atoms with E-state index in [2.05, 4.69) is 11.9 Å². The summed E-state index contributed by atoms with van der Waals surface area (Å²) in [6, 6.07) is 20.3. The first-order chi connectivity index (χ1) is 13.7. The number of nitrogens with one attached hydrogen (secondary N) is 1. The standard InChI is InChI=1S/C22H17N3O2S/c1-2-13-24-20(26)18(15-23)22-25(17-11-7-4-8-12-17)21(27)19(28-22)14-16-9-5-3-6-10-16/h2-12,14H,1,13H2,(H,24,26)/b19-14-,22-18+. The molecule has 3 aromatic rings. The first-order valence-corrected chi connectivity index (χ1v) is 9.35. The number of thiazole rings is 1. The van der Waals surface area contributed by atoms with Gasteiger partial charge in [0.1, 0.15) is 10.7 Å². The number of amides is 1. The predicted molar refractivity (Wildman–Crippen MR) is 111 cm³/mol. The summed E-state index contributed by atoms with van der Waals surface area (Å²) in [5, 5.41) is 12.2. The van der Waals surface area contributed by atoms with E-state index in [4.69, 9.17) is 0 Å². The van der Waals surface area contributed by atoms with Crippen molar-refractivity contribution in [2.24, 2.45) is 0 Å². The molecule has 0 unspecified atom stereocenters. The number of nitriles is 1. The minimum Gasteiger partial charge on any atom is -0.348 e. The average molecular weight is 387 g/mol. The average Bonchev–Trinajstić information content (AvgIpc) is 3.04. The van der Waals surface area contributed by atoms with Crippen LogP contribution in [-0.4, -0.2) is 17.0 Å². The molecule has 0 atom stereocenters. The smallest absolute Gasteiger partial charge is 0.273 e. The van der Waals surface area contributed by atoms with Crippen LogP contribution in [0.25, 0.3) is 17.3 Å².